The Bertz CT molecular complexity index is 1220. The molecule has 5 nitrogen and oxygen atoms in total. The Kier molecular flexibility index (Phi) is 4.75. The number of imidazole rings is 1. The third kappa shape index (κ3) is 3.45. The number of carbonyl (C=O) groups is 1. The SMILES string of the molecule is O=C(Nc1ccc(F)cc1)N[C@@H]1c2nc3ccccc3n2C[C@H]1c1ccc(Br)cc1. The van der Waals surface area contributed by atoms with Gasteiger partial charge >= 0.3 is 6.03 Å². The number of para-hydroxylation sites is 2. The maximum Gasteiger partial charge on any atom is 0.319 e. The van der Waals surface area contributed by atoms with Crippen LogP contribution in [0.15, 0.2) is 77.3 Å². The predicted molar refractivity (Wildman–Crippen MR) is 118 cm³/mol. The van der Waals surface area contributed by atoms with Gasteiger partial charge in [0, 0.05) is 22.6 Å². The van der Waals surface area contributed by atoms with Gasteiger partial charge in [-0.1, -0.05) is 40.2 Å². The third-order valence-electron chi connectivity index (χ3n) is 5.43. The van der Waals surface area contributed by atoms with Gasteiger partial charge in [-0.15, -0.1) is 0 Å². The lowest BCUT2D eigenvalue weighted by atomic mass is 9.93. The van der Waals surface area contributed by atoms with E-state index in [4.69, 9.17) is 4.98 Å². The quantitative estimate of drug-likeness (QED) is 0.414. The summed E-state index contributed by atoms with van der Waals surface area (Å²) in [7, 11) is 0. The Hall–Kier alpha value is -3.19. The summed E-state index contributed by atoms with van der Waals surface area (Å²) in [5.41, 5.74) is 3.62. The molecule has 7 heteroatoms. The Morgan fingerprint density at radius 1 is 1.03 bits per heavy atom. The van der Waals surface area contributed by atoms with Gasteiger partial charge in [0.2, 0.25) is 0 Å². The van der Waals surface area contributed by atoms with Crippen molar-refractivity contribution in [3.8, 4) is 0 Å². The highest BCUT2D eigenvalue weighted by atomic mass is 79.9. The smallest absolute Gasteiger partial charge is 0.319 e. The molecule has 0 spiro atoms. The van der Waals surface area contributed by atoms with Crippen molar-refractivity contribution in [3.63, 3.8) is 0 Å². The Morgan fingerprint density at radius 2 is 1.77 bits per heavy atom. The summed E-state index contributed by atoms with van der Waals surface area (Å²) in [6.45, 7) is 0.721. The van der Waals surface area contributed by atoms with Gasteiger partial charge in [0.1, 0.15) is 11.6 Å². The first-order valence-electron chi connectivity index (χ1n) is 9.62. The van der Waals surface area contributed by atoms with E-state index < -0.39 is 0 Å². The summed E-state index contributed by atoms with van der Waals surface area (Å²) in [5, 5.41) is 5.86. The molecule has 150 valence electrons. The van der Waals surface area contributed by atoms with Gasteiger partial charge < -0.3 is 15.2 Å². The highest BCUT2D eigenvalue weighted by molar-refractivity contribution is 9.10. The summed E-state index contributed by atoms with van der Waals surface area (Å²) in [6, 6.07) is 21.2. The molecule has 2 amide bonds. The fraction of sp³-hybridized carbons (Fsp3) is 0.130. The van der Waals surface area contributed by atoms with Crippen LogP contribution < -0.4 is 10.6 Å². The molecule has 1 aromatic heterocycles. The van der Waals surface area contributed by atoms with E-state index in [1.807, 2.05) is 36.4 Å². The molecule has 4 aromatic rings. The molecule has 0 saturated carbocycles. The number of hydrogen-bond donors (Lipinski definition) is 2. The number of anilines is 1. The lowest BCUT2D eigenvalue weighted by Crippen LogP contribution is -2.34. The van der Waals surface area contributed by atoms with Crippen LogP contribution in [0.2, 0.25) is 0 Å². The van der Waals surface area contributed by atoms with Crippen LogP contribution in [0.5, 0.6) is 0 Å². The van der Waals surface area contributed by atoms with E-state index in [1.165, 1.54) is 24.3 Å². The first-order valence-corrected chi connectivity index (χ1v) is 10.4. The third-order valence-corrected chi connectivity index (χ3v) is 5.96. The van der Waals surface area contributed by atoms with Crippen molar-refractivity contribution in [3.05, 3.63) is 94.5 Å². The highest BCUT2D eigenvalue weighted by Crippen LogP contribution is 2.40. The van der Waals surface area contributed by atoms with Crippen LogP contribution in [0.1, 0.15) is 23.3 Å². The predicted octanol–water partition coefficient (Wildman–Crippen LogP) is 5.60. The number of benzene rings is 3. The number of amides is 2. The zero-order valence-electron chi connectivity index (χ0n) is 15.8. The van der Waals surface area contributed by atoms with Crippen LogP contribution in [-0.2, 0) is 6.54 Å². The molecule has 0 bridgehead atoms. The van der Waals surface area contributed by atoms with Gasteiger partial charge in [0.15, 0.2) is 0 Å². The van der Waals surface area contributed by atoms with Crippen LogP contribution in [0.3, 0.4) is 0 Å². The van der Waals surface area contributed by atoms with Crippen molar-refractivity contribution in [2.24, 2.45) is 0 Å². The monoisotopic (exact) mass is 464 g/mol. The highest BCUT2D eigenvalue weighted by Gasteiger charge is 2.37. The van der Waals surface area contributed by atoms with Crippen molar-refractivity contribution in [2.45, 2.75) is 18.5 Å². The van der Waals surface area contributed by atoms with Crippen LogP contribution in [-0.4, -0.2) is 15.6 Å². The maximum atomic E-state index is 13.1. The second-order valence-electron chi connectivity index (χ2n) is 7.31. The molecule has 30 heavy (non-hydrogen) atoms. The summed E-state index contributed by atoms with van der Waals surface area (Å²) in [5.74, 6) is 0.531. The Labute approximate surface area is 181 Å². The number of carbonyl (C=O) groups excluding carboxylic acids is 1. The van der Waals surface area contributed by atoms with Gasteiger partial charge in [-0.05, 0) is 54.1 Å². The molecule has 0 unspecified atom stereocenters. The van der Waals surface area contributed by atoms with E-state index in [-0.39, 0.29) is 23.8 Å². The molecule has 2 atom stereocenters. The average Bonchev–Trinajstić information content (AvgIpc) is 3.27. The number of aromatic nitrogens is 2. The fourth-order valence-electron chi connectivity index (χ4n) is 4.02. The number of hydrogen-bond acceptors (Lipinski definition) is 2. The summed E-state index contributed by atoms with van der Waals surface area (Å²) in [4.78, 5) is 17.6. The van der Waals surface area contributed by atoms with E-state index in [0.717, 1.165) is 33.4 Å². The largest absolute Gasteiger partial charge is 0.327 e. The summed E-state index contributed by atoms with van der Waals surface area (Å²) < 4.78 is 16.3. The van der Waals surface area contributed by atoms with Crippen molar-refractivity contribution >= 4 is 38.7 Å². The first-order chi connectivity index (χ1) is 14.6. The fourth-order valence-corrected chi connectivity index (χ4v) is 4.28. The van der Waals surface area contributed by atoms with Gasteiger partial charge in [-0.25, -0.2) is 14.2 Å². The van der Waals surface area contributed by atoms with Crippen LogP contribution in [0.25, 0.3) is 11.0 Å². The standard InChI is InChI=1S/C23H18BrFN4O/c24-15-7-5-14(6-8-15)18-13-29-20-4-2-1-3-19(20)27-22(29)21(18)28-23(30)26-17-11-9-16(25)10-12-17/h1-12,18,21H,13H2,(H2,26,28,30)/t18-,21-/m0/s1. The Balaban J connectivity index is 1.47. The first kappa shape index (κ1) is 18.8. The van der Waals surface area contributed by atoms with E-state index in [9.17, 15) is 9.18 Å². The molecular formula is C23H18BrFN4O. The molecule has 0 aliphatic carbocycles. The van der Waals surface area contributed by atoms with Crippen LogP contribution in [0.4, 0.5) is 14.9 Å². The molecule has 0 saturated heterocycles. The average molecular weight is 465 g/mol. The van der Waals surface area contributed by atoms with Crippen LogP contribution in [0, 0.1) is 5.82 Å². The molecule has 5 rings (SSSR count). The van der Waals surface area contributed by atoms with Gasteiger partial charge in [0.25, 0.3) is 0 Å². The summed E-state index contributed by atoms with van der Waals surface area (Å²) >= 11 is 3.48. The van der Waals surface area contributed by atoms with E-state index in [0.29, 0.717) is 5.69 Å². The molecule has 0 fully saturated rings. The lowest BCUT2D eigenvalue weighted by molar-refractivity contribution is 0.247. The number of halogens is 2. The molecule has 2 heterocycles. The van der Waals surface area contributed by atoms with Gasteiger partial charge in [-0.2, -0.15) is 0 Å². The minimum Gasteiger partial charge on any atom is -0.327 e. The number of rotatable bonds is 3. The number of nitrogens with zero attached hydrogens (tertiary/aromatic N) is 2. The van der Waals surface area contributed by atoms with Crippen molar-refractivity contribution in [2.75, 3.05) is 5.32 Å². The molecular weight excluding hydrogens is 447 g/mol. The minimum atomic E-state index is -0.353. The zero-order valence-corrected chi connectivity index (χ0v) is 17.4. The lowest BCUT2D eigenvalue weighted by Gasteiger charge is -2.21. The molecule has 2 N–H and O–H groups in total. The second kappa shape index (κ2) is 7.57. The van der Waals surface area contributed by atoms with Crippen molar-refractivity contribution < 1.29 is 9.18 Å². The van der Waals surface area contributed by atoms with Gasteiger partial charge in [0.05, 0.1) is 17.1 Å². The topological polar surface area (TPSA) is 59.0 Å². The normalized spacial score (nSPS) is 17.7. The molecule has 0 radical (unpaired) electrons. The van der Waals surface area contributed by atoms with E-state index in [2.05, 4.69) is 43.3 Å². The molecule has 1 aliphatic rings. The van der Waals surface area contributed by atoms with Crippen LogP contribution >= 0.6 is 15.9 Å². The molecule has 1 aliphatic heterocycles. The van der Waals surface area contributed by atoms with E-state index >= 15 is 0 Å². The second-order valence-corrected chi connectivity index (χ2v) is 8.23. The maximum absolute atomic E-state index is 13.1. The van der Waals surface area contributed by atoms with Gasteiger partial charge in [-0.3, -0.25) is 0 Å². The van der Waals surface area contributed by atoms with E-state index in [1.54, 1.807) is 0 Å². The van der Waals surface area contributed by atoms with Crippen molar-refractivity contribution in [1.82, 2.24) is 14.9 Å². The number of fused-ring (bicyclic) bond motifs is 3. The molecule has 3 aromatic carbocycles. The minimum absolute atomic E-state index is 0.0455. The zero-order chi connectivity index (χ0) is 20.7. The number of nitrogens with one attached hydrogen (secondary N) is 2. The number of urea groups is 1. The Morgan fingerprint density at radius 3 is 2.53 bits per heavy atom. The van der Waals surface area contributed by atoms with Crippen molar-refractivity contribution in [1.29, 1.82) is 0 Å². The summed E-state index contributed by atoms with van der Waals surface area (Å²) in [6.07, 6.45) is 0.